The zero-order valence-electron chi connectivity index (χ0n) is 10.8. The quantitative estimate of drug-likeness (QED) is 0.854. The Morgan fingerprint density at radius 2 is 1.84 bits per heavy atom. The lowest BCUT2D eigenvalue weighted by Crippen LogP contribution is -1.97. The van der Waals surface area contributed by atoms with Crippen LogP contribution < -0.4 is 15.2 Å². The SMILES string of the molecule is COc1cccc(Oc2cc(C#N)ccc2C)c1N. The molecule has 0 saturated heterocycles. The Balaban J connectivity index is 2.39. The van der Waals surface area contributed by atoms with E-state index in [1.807, 2.05) is 13.0 Å². The number of aryl methyl sites for hydroxylation is 1. The minimum atomic E-state index is 0.437. The van der Waals surface area contributed by atoms with Crippen molar-refractivity contribution in [2.75, 3.05) is 12.8 Å². The number of nitriles is 1. The molecule has 0 unspecified atom stereocenters. The summed E-state index contributed by atoms with van der Waals surface area (Å²) in [6.07, 6.45) is 0. The molecule has 19 heavy (non-hydrogen) atoms. The van der Waals surface area contributed by atoms with E-state index in [4.69, 9.17) is 20.5 Å². The number of nitrogens with zero attached hydrogens (tertiary/aromatic N) is 1. The highest BCUT2D eigenvalue weighted by Gasteiger charge is 2.09. The summed E-state index contributed by atoms with van der Waals surface area (Å²) in [5, 5.41) is 8.91. The second-order valence-electron chi connectivity index (χ2n) is 4.07. The van der Waals surface area contributed by atoms with Crippen LogP contribution in [0.15, 0.2) is 36.4 Å². The van der Waals surface area contributed by atoms with Gasteiger partial charge in [0.1, 0.15) is 17.2 Å². The van der Waals surface area contributed by atoms with Crippen LogP contribution in [0.1, 0.15) is 11.1 Å². The average molecular weight is 254 g/mol. The van der Waals surface area contributed by atoms with E-state index in [1.54, 1.807) is 37.4 Å². The molecule has 96 valence electrons. The summed E-state index contributed by atoms with van der Waals surface area (Å²) < 4.78 is 10.9. The van der Waals surface area contributed by atoms with Crippen molar-refractivity contribution in [2.24, 2.45) is 0 Å². The molecule has 0 atom stereocenters. The Hall–Kier alpha value is -2.67. The van der Waals surface area contributed by atoms with E-state index in [0.717, 1.165) is 5.56 Å². The predicted octanol–water partition coefficient (Wildman–Crippen LogP) is 3.25. The molecule has 0 fully saturated rings. The van der Waals surface area contributed by atoms with E-state index in [0.29, 0.717) is 28.5 Å². The van der Waals surface area contributed by atoms with Gasteiger partial charge < -0.3 is 15.2 Å². The highest BCUT2D eigenvalue weighted by molar-refractivity contribution is 5.63. The standard InChI is InChI=1S/C15H14N2O2/c1-10-6-7-11(9-16)8-14(10)19-13-5-3-4-12(18-2)15(13)17/h3-8H,17H2,1-2H3. The summed E-state index contributed by atoms with van der Waals surface area (Å²) in [5.74, 6) is 1.68. The Kier molecular flexibility index (Phi) is 3.58. The predicted molar refractivity (Wildman–Crippen MR) is 73.4 cm³/mol. The molecule has 2 aromatic carbocycles. The summed E-state index contributed by atoms with van der Waals surface area (Å²) >= 11 is 0. The lowest BCUT2D eigenvalue weighted by atomic mass is 10.1. The van der Waals surface area contributed by atoms with Gasteiger partial charge in [0.25, 0.3) is 0 Å². The Labute approximate surface area is 112 Å². The Bertz CT molecular complexity index is 645. The largest absolute Gasteiger partial charge is 0.494 e. The van der Waals surface area contributed by atoms with Crippen LogP contribution in [0.4, 0.5) is 5.69 Å². The maximum absolute atomic E-state index is 8.91. The first kappa shape index (κ1) is 12.8. The zero-order valence-corrected chi connectivity index (χ0v) is 10.8. The number of para-hydroxylation sites is 1. The maximum Gasteiger partial charge on any atom is 0.154 e. The first-order chi connectivity index (χ1) is 9.15. The van der Waals surface area contributed by atoms with Gasteiger partial charge in [-0.15, -0.1) is 0 Å². The fourth-order valence-electron chi connectivity index (χ4n) is 1.69. The molecule has 2 N–H and O–H groups in total. The van der Waals surface area contributed by atoms with Crippen molar-refractivity contribution < 1.29 is 9.47 Å². The molecule has 0 aliphatic heterocycles. The number of benzene rings is 2. The second kappa shape index (κ2) is 5.32. The fourth-order valence-corrected chi connectivity index (χ4v) is 1.69. The van der Waals surface area contributed by atoms with E-state index >= 15 is 0 Å². The van der Waals surface area contributed by atoms with E-state index < -0.39 is 0 Å². The van der Waals surface area contributed by atoms with Crippen molar-refractivity contribution in [1.29, 1.82) is 5.26 Å². The van der Waals surface area contributed by atoms with Crippen molar-refractivity contribution in [3.8, 4) is 23.3 Å². The number of nitrogens with two attached hydrogens (primary N) is 1. The van der Waals surface area contributed by atoms with Gasteiger partial charge >= 0.3 is 0 Å². The van der Waals surface area contributed by atoms with Crippen LogP contribution >= 0.6 is 0 Å². The fraction of sp³-hybridized carbons (Fsp3) is 0.133. The van der Waals surface area contributed by atoms with Crippen molar-refractivity contribution in [1.82, 2.24) is 0 Å². The van der Waals surface area contributed by atoms with Crippen molar-refractivity contribution in [3.63, 3.8) is 0 Å². The van der Waals surface area contributed by atoms with Gasteiger partial charge in [-0.25, -0.2) is 0 Å². The molecule has 2 aromatic rings. The topological polar surface area (TPSA) is 68.3 Å². The van der Waals surface area contributed by atoms with Crippen LogP contribution in [0.2, 0.25) is 0 Å². The van der Waals surface area contributed by atoms with Gasteiger partial charge in [0, 0.05) is 0 Å². The number of hydrogen-bond acceptors (Lipinski definition) is 4. The van der Waals surface area contributed by atoms with Gasteiger partial charge in [-0.05, 0) is 36.8 Å². The number of anilines is 1. The first-order valence-corrected chi connectivity index (χ1v) is 5.76. The van der Waals surface area contributed by atoms with Gasteiger partial charge in [-0.3, -0.25) is 0 Å². The summed E-state index contributed by atoms with van der Waals surface area (Å²) in [5.41, 5.74) is 7.86. The maximum atomic E-state index is 8.91. The highest BCUT2D eigenvalue weighted by atomic mass is 16.5. The third-order valence-corrected chi connectivity index (χ3v) is 2.78. The number of methoxy groups -OCH3 is 1. The molecule has 4 heteroatoms. The molecular weight excluding hydrogens is 240 g/mol. The molecule has 0 saturated carbocycles. The molecular formula is C15H14N2O2. The van der Waals surface area contributed by atoms with E-state index in [2.05, 4.69) is 6.07 Å². The minimum Gasteiger partial charge on any atom is -0.494 e. The zero-order chi connectivity index (χ0) is 13.8. The van der Waals surface area contributed by atoms with Gasteiger partial charge in [0.2, 0.25) is 0 Å². The van der Waals surface area contributed by atoms with Crippen LogP contribution in [-0.2, 0) is 0 Å². The second-order valence-corrected chi connectivity index (χ2v) is 4.07. The van der Waals surface area contributed by atoms with E-state index in [-0.39, 0.29) is 0 Å². The molecule has 0 aliphatic carbocycles. The van der Waals surface area contributed by atoms with Gasteiger partial charge in [0.05, 0.1) is 18.7 Å². The normalized spacial score (nSPS) is 9.74. The Morgan fingerprint density at radius 1 is 1.11 bits per heavy atom. The third-order valence-electron chi connectivity index (χ3n) is 2.78. The molecule has 2 rings (SSSR count). The molecule has 0 amide bonds. The van der Waals surface area contributed by atoms with Crippen LogP contribution in [0, 0.1) is 18.3 Å². The molecule has 0 heterocycles. The number of nitrogen functional groups attached to an aromatic ring is 1. The number of ether oxygens (including phenoxy) is 2. The minimum absolute atomic E-state index is 0.437. The summed E-state index contributed by atoms with van der Waals surface area (Å²) in [6, 6.07) is 12.7. The smallest absolute Gasteiger partial charge is 0.154 e. The summed E-state index contributed by atoms with van der Waals surface area (Å²) in [7, 11) is 1.55. The lowest BCUT2D eigenvalue weighted by molar-refractivity contribution is 0.412. The number of hydrogen-bond donors (Lipinski definition) is 1. The molecule has 0 aromatic heterocycles. The van der Waals surface area contributed by atoms with Crippen LogP contribution in [-0.4, -0.2) is 7.11 Å². The summed E-state index contributed by atoms with van der Waals surface area (Å²) in [6.45, 7) is 1.91. The van der Waals surface area contributed by atoms with Crippen molar-refractivity contribution in [3.05, 3.63) is 47.5 Å². The average Bonchev–Trinajstić information content (AvgIpc) is 2.43. The molecule has 0 aliphatic rings. The highest BCUT2D eigenvalue weighted by Crippen LogP contribution is 2.35. The molecule has 0 bridgehead atoms. The van der Waals surface area contributed by atoms with Crippen molar-refractivity contribution in [2.45, 2.75) is 6.92 Å². The Morgan fingerprint density at radius 3 is 2.53 bits per heavy atom. The van der Waals surface area contributed by atoms with E-state index in [9.17, 15) is 0 Å². The molecule has 0 spiro atoms. The van der Waals surface area contributed by atoms with Crippen LogP contribution in [0.25, 0.3) is 0 Å². The third kappa shape index (κ3) is 2.61. The number of rotatable bonds is 3. The monoisotopic (exact) mass is 254 g/mol. The molecule has 4 nitrogen and oxygen atoms in total. The van der Waals surface area contributed by atoms with Gasteiger partial charge in [-0.2, -0.15) is 5.26 Å². The first-order valence-electron chi connectivity index (χ1n) is 5.76. The molecule has 0 radical (unpaired) electrons. The van der Waals surface area contributed by atoms with Crippen LogP contribution in [0.3, 0.4) is 0 Å². The van der Waals surface area contributed by atoms with Crippen molar-refractivity contribution >= 4 is 5.69 Å². The lowest BCUT2D eigenvalue weighted by Gasteiger charge is -2.13. The van der Waals surface area contributed by atoms with E-state index in [1.165, 1.54) is 0 Å². The van der Waals surface area contributed by atoms with Gasteiger partial charge in [-0.1, -0.05) is 12.1 Å². The van der Waals surface area contributed by atoms with Crippen LogP contribution in [0.5, 0.6) is 17.2 Å². The summed E-state index contributed by atoms with van der Waals surface area (Å²) in [4.78, 5) is 0. The van der Waals surface area contributed by atoms with Gasteiger partial charge in [0.15, 0.2) is 5.75 Å².